The number of hydrogen-bond acceptors (Lipinski definition) is 6. The number of nitrogens with one attached hydrogen (secondary N) is 1. The molecule has 3 N–H and O–H groups in total. The van der Waals surface area contributed by atoms with Gasteiger partial charge in [0.25, 0.3) is 0 Å². The molecule has 0 bridgehead atoms. The van der Waals surface area contributed by atoms with Gasteiger partial charge in [0.15, 0.2) is 0 Å². The van der Waals surface area contributed by atoms with Crippen LogP contribution in [0.25, 0.3) is 0 Å². The Labute approximate surface area is 118 Å². The number of rotatable bonds is 4. The van der Waals surface area contributed by atoms with Crippen LogP contribution < -0.4 is 15.8 Å². The molecule has 0 aliphatic rings. The molecule has 20 heavy (non-hydrogen) atoms. The topological polar surface area (TPSA) is 86.0 Å². The molecule has 0 aliphatic carbocycles. The van der Waals surface area contributed by atoms with Crippen molar-refractivity contribution >= 4 is 17.6 Å². The number of hydrogen-bond donors (Lipinski definition) is 2. The van der Waals surface area contributed by atoms with Gasteiger partial charge in [-0.05, 0) is 51.0 Å². The lowest BCUT2D eigenvalue weighted by molar-refractivity contribution is 0.222. The van der Waals surface area contributed by atoms with Gasteiger partial charge < -0.3 is 15.8 Å². The summed E-state index contributed by atoms with van der Waals surface area (Å²) in [6.45, 7) is 7.91. The fraction of sp³-hybridized carbons (Fsp3) is 0.357. The van der Waals surface area contributed by atoms with Crippen molar-refractivity contribution in [2.24, 2.45) is 0 Å². The van der Waals surface area contributed by atoms with Crippen molar-refractivity contribution in [2.45, 2.75) is 33.8 Å². The molecule has 2 rings (SSSR count). The summed E-state index contributed by atoms with van der Waals surface area (Å²) >= 11 is 0. The summed E-state index contributed by atoms with van der Waals surface area (Å²) in [6.07, 6.45) is -0.0220. The monoisotopic (exact) mass is 273 g/mol. The van der Waals surface area contributed by atoms with Crippen molar-refractivity contribution < 1.29 is 4.74 Å². The minimum atomic E-state index is -0.0220. The number of benzene rings is 1. The van der Waals surface area contributed by atoms with Crippen LogP contribution in [0.1, 0.15) is 25.0 Å². The SMILES string of the molecule is Cc1ccc(Nc2nc(N)nc(OC(C)C)n2)cc1C. The third-order valence-electron chi connectivity index (χ3n) is 2.74. The van der Waals surface area contributed by atoms with Crippen LogP contribution in [0.5, 0.6) is 6.01 Å². The van der Waals surface area contributed by atoms with Crippen LogP contribution in [0, 0.1) is 13.8 Å². The highest BCUT2D eigenvalue weighted by Crippen LogP contribution is 2.19. The van der Waals surface area contributed by atoms with E-state index >= 15 is 0 Å². The zero-order valence-electron chi connectivity index (χ0n) is 12.1. The van der Waals surface area contributed by atoms with Crippen molar-refractivity contribution in [2.75, 3.05) is 11.1 Å². The first-order valence-corrected chi connectivity index (χ1v) is 6.46. The van der Waals surface area contributed by atoms with Gasteiger partial charge in [0.1, 0.15) is 0 Å². The van der Waals surface area contributed by atoms with Gasteiger partial charge in [-0.1, -0.05) is 6.07 Å². The maximum absolute atomic E-state index is 5.66. The molecule has 0 saturated carbocycles. The number of nitrogens with zero attached hydrogens (tertiary/aromatic N) is 3. The third-order valence-corrected chi connectivity index (χ3v) is 2.74. The maximum Gasteiger partial charge on any atom is 0.323 e. The summed E-state index contributed by atoms with van der Waals surface area (Å²) in [6, 6.07) is 6.25. The summed E-state index contributed by atoms with van der Waals surface area (Å²) < 4.78 is 5.43. The van der Waals surface area contributed by atoms with Gasteiger partial charge in [0.2, 0.25) is 11.9 Å². The van der Waals surface area contributed by atoms with Crippen molar-refractivity contribution in [3.05, 3.63) is 29.3 Å². The van der Waals surface area contributed by atoms with E-state index in [2.05, 4.69) is 34.1 Å². The molecule has 0 radical (unpaired) electrons. The average Bonchev–Trinajstić information content (AvgIpc) is 2.32. The fourth-order valence-electron chi connectivity index (χ4n) is 1.64. The molecule has 2 aromatic rings. The Morgan fingerprint density at radius 2 is 1.85 bits per heavy atom. The minimum Gasteiger partial charge on any atom is -0.461 e. The Bertz CT molecular complexity index is 613. The second-order valence-corrected chi connectivity index (χ2v) is 4.89. The number of nitrogen functional groups attached to an aromatic ring is 1. The van der Waals surface area contributed by atoms with Gasteiger partial charge in [0, 0.05) is 5.69 Å². The second-order valence-electron chi connectivity index (χ2n) is 4.89. The molecule has 1 aromatic carbocycles. The highest BCUT2D eigenvalue weighted by Gasteiger charge is 2.07. The third kappa shape index (κ3) is 3.57. The first-order chi connectivity index (χ1) is 9.44. The Morgan fingerprint density at radius 3 is 2.50 bits per heavy atom. The fourth-order valence-corrected chi connectivity index (χ4v) is 1.64. The van der Waals surface area contributed by atoms with Gasteiger partial charge >= 0.3 is 6.01 Å². The van der Waals surface area contributed by atoms with Gasteiger partial charge in [-0.15, -0.1) is 0 Å². The van der Waals surface area contributed by atoms with Crippen LogP contribution in [0.2, 0.25) is 0 Å². The molecular weight excluding hydrogens is 254 g/mol. The summed E-state index contributed by atoms with van der Waals surface area (Å²) in [5.74, 6) is 0.499. The number of ether oxygens (including phenoxy) is 1. The molecular formula is C14H19N5O. The zero-order chi connectivity index (χ0) is 14.7. The van der Waals surface area contributed by atoms with Crippen LogP contribution in [-0.4, -0.2) is 21.1 Å². The highest BCUT2D eigenvalue weighted by molar-refractivity contribution is 5.56. The number of nitrogens with two attached hydrogens (primary N) is 1. The quantitative estimate of drug-likeness (QED) is 0.890. The minimum absolute atomic E-state index is 0.0220. The smallest absolute Gasteiger partial charge is 0.323 e. The largest absolute Gasteiger partial charge is 0.461 e. The molecule has 1 heterocycles. The van der Waals surface area contributed by atoms with Crippen molar-refractivity contribution in [1.29, 1.82) is 0 Å². The van der Waals surface area contributed by atoms with Crippen LogP contribution in [0.3, 0.4) is 0 Å². The Balaban J connectivity index is 2.24. The predicted octanol–water partition coefficient (Wildman–Crippen LogP) is 2.60. The number of anilines is 3. The molecule has 0 aliphatic heterocycles. The normalized spacial score (nSPS) is 10.7. The molecule has 0 saturated heterocycles. The van der Waals surface area contributed by atoms with Crippen molar-refractivity contribution in [1.82, 2.24) is 15.0 Å². The standard InChI is InChI=1S/C14H19N5O/c1-8(2)20-14-18-12(15)17-13(19-14)16-11-6-5-9(3)10(4)7-11/h5-8H,1-4H3,(H3,15,16,17,18,19). The van der Waals surface area contributed by atoms with Crippen LogP contribution in [0.15, 0.2) is 18.2 Å². The van der Waals surface area contributed by atoms with E-state index in [1.54, 1.807) is 0 Å². The van der Waals surface area contributed by atoms with Gasteiger partial charge in [-0.2, -0.15) is 15.0 Å². The molecule has 0 spiro atoms. The van der Waals surface area contributed by atoms with E-state index in [1.165, 1.54) is 11.1 Å². The molecule has 0 atom stereocenters. The summed E-state index contributed by atoms with van der Waals surface area (Å²) in [7, 11) is 0. The predicted molar refractivity (Wildman–Crippen MR) is 79.2 cm³/mol. The molecule has 6 heteroatoms. The van der Waals surface area contributed by atoms with E-state index in [0.717, 1.165) is 5.69 Å². The molecule has 0 amide bonds. The van der Waals surface area contributed by atoms with E-state index in [9.17, 15) is 0 Å². The first kappa shape index (κ1) is 14.0. The van der Waals surface area contributed by atoms with Crippen LogP contribution in [-0.2, 0) is 0 Å². The lowest BCUT2D eigenvalue weighted by Crippen LogP contribution is -2.11. The first-order valence-electron chi connectivity index (χ1n) is 6.46. The van der Waals surface area contributed by atoms with E-state index in [-0.39, 0.29) is 18.1 Å². The van der Waals surface area contributed by atoms with Crippen LogP contribution in [0.4, 0.5) is 17.6 Å². The van der Waals surface area contributed by atoms with Crippen molar-refractivity contribution in [3.8, 4) is 6.01 Å². The lowest BCUT2D eigenvalue weighted by atomic mass is 10.1. The Kier molecular flexibility index (Phi) is 4.02. The lowest BCUT2D eigenvalue weighted by Gasteiger charge is -2.11. The molecule has 1 aromatic heterocycles. The molecule has 0 fully saturated rings. The second kappa shape index (κ2) is 5.73. The maximum atomic E-state index is 5.66. The Morgan fingerprint density at radius 1 is 1.10 bits per heavy atom. The summed E-state index contributed by atoms with van der Waals surface area (Å²) in [5, 5.41) is 3.10. The van der Waals surface area contributed by atoms with E-state index in [0.29, 0.717) is 5.95 Å². The summed E-state index contributed by atoms with van der Waals surface area (Å²) in [5.41, 5.74) is 8.98. The average molecular weight is 273 g/mol. The van der Waals surface area contributed by atoms with Crippen LogP contribution >= 0.6 is 0 Å². The number of aryl methyl sites for hydroxylation is 2. The van der Waals surface area contributed by atoms with Gasteiger partial charge in [-0.25, -0.2) is 0 Å². The van der Waals surface area contributed by atoms with Crippen molar-refractivity contribution in [3.63, 3.8) is 0 Å². The van der Waals surface area contributed by atoms with E-state index in [4.69, 9.17) is 10.5 Å². The molecule has 6 nitrogen and oxygen atoms in total. The zero-order valence-corrected chi connectivity index (χ0v) is 12.1. The van der Waals surface area contributed by atoms with Gasteiger partial charge in [0.05, 0.1) is 6.10 Å². The van der Waals surface area contributed by atoms with Gasteiger partial charge in [-0.3, -0.25) is 0 Å². The Hall–Kier alpha value is -2.37. The van der Waals surface area contributed by atoms with E-state index in [1.807, 2.05) is 32.0 Å². The van der Waals surface area contributed by atoms with E-state index < -0.39 is 0 Å². The molecule has 0 unspecified atom stereocenters. The number of aromatic nitrogens is 3. The molecule has 106 valence electrons. The summed E-state index contributed by atoms with van der Waals surface area (Å²) in [4.78, 5) is 12.2. The highest BCUT2D eigenvalue weighted by atomic mass is 16.5.